The van der Waals surface area contributed by atoms with Crippen LogP contribution in [-0.2, 0) is 16.4 Å². The third-order valence-corrected chi connectivity index (χ3v) is 6.81. The lowest BCUT2D eigenvalue weighted by Crippen LogP contribution is -2.35. The van der Waals surface area contributed by atoms with Gasteiger partial charge in [-0.05, 0) is 19.9 Å². The molecular formula is C19H22N4O4S. The van der Waals surface area contributed by atoms with Crippen molar-refractivity contribution >= 4 is 9.84 Å². The van der Waals surface area contributed by atoms with Crippen LogP contribution in [0, 0.1) is 6.92 Å². The normalized spacial score (nSPS) is 18.8. The van der Waals surface area contributed by atoms with Crippen molar-refractivity contribution in [2.45, 2.75) is 32.9 Å². The number of rotatable bonds is 6. The predicted molar refractivity (Wildman–Crippen MR) is 103 cm³/mol. The maximum Gasteiger partial charge on any atom is 0.253 e. The first-order valence-electron chi connectivity index (χ1n) is 9.25. The fourth-order valence-corrected chi connectivity index (χ4v) is 5.33. The highest BCUT2D eigenvalue weighted by Gasteiger charge is 2.32. The summed E-state index contributed by atoms with van der Waals surface area (Å²) in [6, 6.07) is 9.66. The average Bonchev–Trinajstić information content (AvgIpc) is 3.38. The molecule has 1 unspecified atom stereocenters. The molecule has 0 radical (unpaired) electrons. The Bertz CT molecular complexity index is 1060. The van der Waals surface area contributed by atoms with E-state index in [-0.39, 0.29) is 17.5 Å². The summed E-state index contributed by atoms with van der Waals surface area (Å²) < 4.78 is 34.8. The van der Waals surface area contributed by atoms with Gasteiger partial charge < -0.3 is 8.94 Å². The van der Waals surface area contributed by atoms with E-state index in [2.05, 4.69) is 20.3 Å². The van der Waals surface area contributed by atoms with Gasteiger partial charge in [0.05, 0.1) is 18.1 Å². The summed E-state index contributed by atoms with van der Waals surface area (Å²) in [6.45, 7) is 4.92. The molecule has 0 amide bonds. The van der Waals surface area contributed by atoms with E-state index in [0.29, 0.717) is 48.3 Å². The molecule has 1 aliphatic rings. The standard InChI is InChI=1S/C19H22N4O4S/c1-3-23(15-9-10-28(24,25)12-15)11-16-20-21-19(26-16)17-13(2)27-22-18(17)14-7-5-4-6-8-14/h4-8,15H,3,9-12H2,1-2H3. The Kier molecular flexibility index (Phi) is 5.03. The zero-order chi connectivity index (χ0) is 19.7. The summed E-state index contributed by atoms with van der Waals surface area (Å²) >= 11 is 0. The number of nitrogens with zero attached hydrogens (tertiary/aromatic N) is 4. The quantitative estimate of drug-likeness (QED) is 0.620. The zero-order valence-corrected chi connectivity index (χ0v) is 16.6. The first kappa shape index (κ1) is 18.8. The lowest BCUT2D eigenvalue weighted by atomic mass is 10.1. The van der Waals surface area contributed by atoms with Crippen molar-refractivity contribution in [1.82, 2.24) is 20.3 Å². The second-order valence-corrected chi connectivity index (χ2v) is 9.18. The molecule has 9 heteroatoms. The van der Waals surface area contributed by atoms with Crippen LogP contribution in [0.4, 0.5) is 0 Å². The molecule has 0 spiro atoms. The van der Waals surface area contributed by atoms with Gasteiger partial charge in [0, 0.05) is 11.6 Å². The predicted octanol–water partition coefficient (Wildman–Crippen LogP) is 2.71. The van der Waals surface area contributed by atoms with Crippen LogP contribution in [0.15, 0.2) is 39.3 Å². The maximum absolute atomic E-state index is 11.8. The number of benzene rings is 1. The molecule has 28 heavy (non-hydrogen) atoms. The van der Waals surface area contributed by atoms with E-state index < -0.39 is 9.84 Å². The molecule has 8 nitrogen and oxygen atoms in total. The molecule has 0 saturated carbocycles. The number of aromatic nitrogens is 3. The van der Waals surface area contributed by atoms with Gasteiger partial charge in [0.2, 0.25) is 5.89 Å². The number of hydrogen-bond acceptors (Lipinski definition) is 8. The molecule has 0 bridgehead atoms. The van der Waals surface area contributed by atoms with E-state index in [0.717, 1.165) is 5.56 Å². The Labute approximate surface area is 163 Å². The Hall–Kier alpha value is -2.52. The van der Waals surface area contributed by atoms with Crippen molar-refractivity contribution in [2.75, 3.05) is 18.1 Å². The molecule has 1 saturated heterocycles. The van der Waals surface area contributed by atoms with E-state index in [9.17, 15) is 8.42 Å². The van der Waals surface area contributed by atoms with Crippen molar-refractivity contribution in [2.24, 2.45) is 0 Å². The highest BCUT2D eigenvalue weighted by atomic mass is 32.2. The summed E-state index contributed by atoms with van der Waals surface area (Å²) in [5.41, 5.74) is 2.24. The minimum absolute atomic E-state index is 0.0115. The molecule has 0 aliphatic carbocycles. The Morgan fingerprint density at radius 2 is 2.00 bits per heavy atom. The van der Waals surface area contributed by atoms with Crippen LogP contribution < -0.4 is 0 Å². The molecule has 1 aromatic carbocycles. The molecule has 1 aliphatic heterocycles. The molecule has 3 heterocycles. The van der Waals surface area contributed by atoms with E-state index >= 15 is 0 Å². The maximum atomic E-state index is 11.8. The van der Waals surface area contributed by atoms with Gasteiger partial charge in [-0.1, -0.05) is 42.4 Å². The van der Waals surface area contributed by atoms with Gasteiger partial charge >= 0.3 is 0 Å². The van der Waals surface area contributed by atoms with E-state index in [1.807, 2.05) is 37.3 Å². The van der Waals surface area contributed by atoms with Crippen LogP contribution in [0.2, 0.25) is 0 Å². The Morgan fingerprint density at radius 3 is 2.68 bits per heavy atom. The van der Waals surface area contributed by atoms with Gasteiger partial charge in [-0.3, -0.25) is 4.90 Å². The van der Waals surface area contributed by atoms with Gasteiger partial charge in [-0.15, -0.1) is 10.2 Å². The van der Waals surface area contributed by atoms with Gasteiger partial charge in [-0.2, -0.15) is 0 Å². The first-order valence-corrected chi connectivity index (χ1v) is 11.1. The first-order chi connectivity index (χ1) is 13.5. The van der Waals surface area contributed by atoms with Gasteiger partial charge in [0.1, 0.15) is 17.0 Å². The topological polar surface area (TPSA) is 102 Å². The summed E-state index contributed by atoms with van der Waals surface area (Å²) in [5, 5.41) is 12.5. The van der Waals surface area contributed by atoms with Gasteiger partial charge in [0.15, 0.2) is 9.84 Å². The summed E-state index contributed by atoms with van der Waals surface area (Å²) in [4.78, 5) is 2.07. The molecule has 4 rings (SSSR count). The van der Waals surface area contributed by atoms with Crippen LogP contribution in [-0.4, -0.2) is 52.8 Å². The van der Waals surface area contributed by atoms with Crippen molar-refractivity contribution in [3.63, 3.8) is 0 Å². The smallest absolute Gasteiger partial charge is 0.253 e. The summed E-state index contributed by atoms with van der Waals surface area (Å²) in [6.07, 6.45) is 0.639. The van der Waals surface area contributed by atoms with Crippen LogP contribution in [0.25, 0.3) is 22.7 Å². The van der Waals surface area contributed by atoms with Crippen molar-refractivity contribution in [1.29, 1.82) is 0 Å². The number of sulfone groups is 1. The average molecular weight is 402 g/mol. The van der Waals surface area contributed by atoms with Crippen LogP contribution >= 0.6 is 0 Å². The fourth-order valence-electron chi connectivity index (χ4n) is 3.57. The summed E-state index contributed by atoms with van der Waals surface area (Å²) in [5.74, 6) is 1.82. The Morgan fingerprint density at radius 1 is 1.21 bits per heavy atom. The molecule has 2 aromatic heterocycles. The fraction of sp³-hybridized carbons (Fsp3) is 0.421. The van der Waals surface area contributed by atoms with E-state index in [1.54, 1.807) is 6.92 Å². The molecular weight excluding hydrogens is 380 g/mol. The van der Waals surface area contributed by atoms with Crippen LogP contribution in [0.1, 0.15) is 25.0 Å². The summed E-state index contributed by atoms with van der Waals surface area (Å²) in [7, 11) is -2.94. The van der Waals surface area contributed by atoms with Crippen molar-refractivity contribution in [3.05, 3.63) is 42.0 Å². The molecule has 1 atom stereocenters. The lowest BCUT2D eigenvalue weighted by molar-refractivity contribution is 0.195. The molecule has 148 valence electrons. The largest absolute Gasteiger partial charge is 0.419 e. The van der Waals surface area contributed by atoms with Crippen molar-refractivity contribution in [3.8, 4) is 22.7 Å². The SMILES string of the molecule is CCN(Cc1nnc(-c2c(-c3ccccc3)noc2C)o1)C1CCS(=O)(=O)C1. The molecule has 1 fully saturated rings. The van der Waals surface area contributed by atoms with Gasteiger partial charge in [0.25, 0.3) is 5.89 Å². The lowest BCUT2D eigenvalue weighted by Gasteiger charge is -2.24. The van der Waals surface area contributed by atoms with Crippen LogP contribution in [0.5, 0.6) is 0 Å². The third kappa shape index (κ3) is 3.72. The third-order valence-electron chi connectivity index (χ3n) is 5.06. The van der Waals surface area contributed by atoms with Crippen LogP contribution in [0.3, 0.4) is 0 Å². The Balaban J connectivity index is 1.58. The monoisotopic (exact) mass is 402 g/mol. The number of hydrogen-bond donors (Lipinski definition) is 0. The van der Waals surface area contributed by atoms with Crippen molar-refractivity contribution < 1.29 is 17.4 Å². The second kappa shape index (κ2) is 7.48. The minimum Gasteiger partial charge on any atom is -0.419 e. The van der Waals surface area contributed by atoms with E-state index in [1.165, 1.54) is 0 Å². The second-order valence-electron chi connectivity index (χ2n) is 6.95. The highest BCUT2D eigenvalue weighted by molar-refractivity contribution is 7.91. The van der Waals surface area contributed by atoms with E-state index in [4.69, 9.17) is 8.94 Å². The molecule has 0 N–H and O–H groups in total. The zero-order valence-electron chi connectivity index (χ0n) is 15.8. The molecule has 3 aromatic rings. The number of aryl methyl sites for hydroxylation is 1. The highest BCUT2D eigenvalue weighted by Crippen LogP contribution is 2.33. The minimum atomic E-state index is -2.94. The van der Waals surface area contributed by atoms with Gasteiger partial charge in [-0.25, -0.2) is 8.42 Å².